The van der Waals surface area contributed by atoms with Gasteiger partial charge in [0.25, 0.3) is 5.91 Å². The van der Waals surface area contributed by atoms with Crippen LogP contribution in [-0.4, -0.2) is 29.4 Å². The Morgan fingerprint density at radius 1 is 1.19 bits per heavy atom. The summed E-state index contributed by atoms with van der Waals surface area (Å²) in [6, 6.07) is 12.8. The average molecular weight is 476 g/mol. The van der Waals surface area contributed by atoms with Crippen LogP contribution in [0.1, 0.15) is 53.5 Å². The topological polar surface area (TPSA) is 65.4 Å². The molecule has 0 saturated heterocycles. The van der Waals surface area contributed by atoms with E-state index in [0.717, 1.165) is 17.5 Å². The summed E-state index contributed by atoms with van der Waals surface area (Å²) in [5.41, 5.74) is 2.65. The van der Waals surface area contributed by atoms with Gasteiger partial charge in [-0.2, -0.15) is 5.10 Å². The predicted octanol–water partition coefficient (Wildman–Crippen LogP) is 5.84. The molecule has 0 spiro atoms. The van der Waals surface area contributed by atoms with Crippen molar-refractivity contribution in [3.05, 3.63) is 75.0 Å². The third-order valence-corrected chi connectivity index (χ3v) is 5.82. The van der Waals surface area contributed by atoms with Crippen LogP contribution in [0.2, 0.25) is 10.2 Å². The second kappa shape index (κ2) is 10.7. The van der Waals surface area contributed by atoms with E-state index in [-0.39, 0.29) is 17.1 Å². The quantitative estimate of drug-likeness (QED) is 0.422. The van der Waals surface area contributed by atoms with Crippen LogP contribution < -0.4 is 14.8 Å². The van der Waals surface area contributed by atoms with Crippen LogP contribution in [0, 0.1) is 6.92 Å². The number of ether oxygens (including phenoxy) is 2. The summed E-state index contributed by atoms with van der Waals surface area (Å²) < 4.78 is 12.7. The normalized spacial score (nSPS) is 11.8. The maximum Gasteiger partial charge on any atom is 0.256 e. The van der Waals surface area contributed by atoms with E-state index in [1.54, 1.807) is 18.7 Å². The smallest absolute Gasteiger partial charge is 0.256 e. The second-order valence-electron chi connectivity index (χ2n) is 7.45. The number of hydrogen-bond acceptors (Lipinski definition) is 4. The van der Waals surface area contributed by atoms with E-state index in [4.69, 9.17) is 32.7 Å². The van der Waals surface area contributed by atoms with Crippen molar-refractivity contribution in [2.45, 2.75) is 39.8 Å². The molecule has 1 aromatic heterocycles. The van der Waals surface area contributed by atoms with Gasteiger partial charge in [-0.05, 0) is 49.6 Å². The molecule has 0 fully saturated rings. The van der Waals surface area contributed by atoms with Crippen molar-refractivity contribution in [1.82, 2.24) is 15.1 Å². The van der Waals surface area contributed by atoms with Gasteiger partial charge in [0, 0.05) is 5.02 Å². The van der Waals surface area contributed by atoms with Crippen LogP contribution in [0.15, 0.2) is 42.5 Å². The number of aryl methyl sites for hydroxylation is 1. The minimum Gasteiger partial charge on any atom is -0.493 e. The van der Waals surface area contributed by atoms with E-state index >= 15 is 0 Å². The molecule has 0 saturated carbocycles. The summed E-state index contributed by atoms with van der Waals surface area (Å²) in [4.78, 5) is 13.0. The molecule has 0 bridgehead atoms. The first-order valence-electron chi connectivity index (χ1n) is 10.4. The summed E-state index contributed by atoms with van der Waals surface area (Å²) in [6.45, 7) is 6.69. The highest BCUT2D eigenvalue weighted by atomic mass is 35.5. The fourth-order valence-electron chi connectivity index (χ4n) is 3.34. The van der Waals surface area contributed by atoms with Gasteiger partial charge in [0.1, 0.15) is 5.15 Å². The molecule has 1 atom stereocenters. The lowest BCUT2D eigenvalue weighted by Crippen LogP contribution is -2.27. The Morgan fingerprint density at radius 2 is 1.94 bits per heavy atom. The third-order valence-electron chi connectivity index (χ3n) is 5.07. The van der Waals surface area contributed by atoms with Crippen LogP contribution in [0.25, 0.3) is 0 Å². The molecule has 8 heteroatoms. The lowest BCUT2D eigenvalue weighted by Gasteiger charge is -2.17. The molecule has 2 aromatic carbocycles. The van der Waals surface area contributed by atoms with Crippen LogP contribution >= 0.6 is 23.2 Å². The standard InChI is InChI=1S/C24H27Cl2N3O3/c1-5-12-32-20-11-10-17(13-21(20)31-4)15(2)27-24(30)22-16(3)28-29(23(22)26)14-18-8-6-7-9-19(18)25/h6-11,13,15H,5,12,14H2,1-4H3,(H,27,30). The lowest BCUT2D eigenvalue weighted by molar-refractivity contribution is 0.0939. The molecule has 1 heterocycles. The van der Waals surface area contributed by atoms with E-state index in [1.165, 1.54) is 0 Å². The molecular weight excluding hydrogens is 449 g/mol. The van der Waals surface area contributed by atoms with Crippen molar-refractivity contribution < 1.29 is 14.3 Å². The van der Waals surface area contributed by atoms with Crippen molar-refractivity contribution in [2.24, 2.45) is 0 Å². The molecule has 1 amide bonds. The molecule has 0 aliphatic heterocycles. The Bertz CT molecular complexity index is 1100. The number of carbonyl (C=O) groups is 1. The number of nitrogens with one attached hydrogen (secondary N) is 1. The third kappa shape index (κ3) is 5.37. The van der Waals surface area contributed by atoms with Crippen molar-refractivity contribution in [2.75, 3.05) is 13.7 Å². The van der Waals surface area contributed by atoms with Crippen molar-refractivity contribution in [3.8, 4) is 11.5 Å². The molecule has 170 valence electrons. The first-order valence-corrected chi connectivity index (χ1v) is 11.2. The Hall–Kier alpha value is -2.70. The molecule has 3 aromatic rings. The van der Waals surface area contributed by atoms with Gasteiger partial charge >= 0.3 is 0 Å². The predicted molar refractivity (Wildman–Crippen MR) is 127 cm³/mol. The second-order valence-corrected chi connectivity index (χ2v) is 8.22. The maximum atomic E-state index is 13.0. The molecule has 0 aliphatic carbocycles. The van der Waals surface area contributed by atoms with Crippen molar-refractivity contribution in [1.29, 1.82) is 0 Å². The number of benzene rings is 2. The summed E-state index contributed by atoms with van der Waals surface area (Å²) >= 11 is 12.8. The fourth-order valence-corrected chi connectivity index (χ4v) is 3.86. The first kappa shape index (κ1) is 24.0. The number of nitrogens with zero attached hydrogens (tertiary/aromatic N) is 2. The molecule has 1 unspecified atom stereocenters. The van der Waals surface area contributed by atoms with Gasteiger partial charge in [0.2, 0.25) is 0 Å². The number of rotatable bonds is 9. The highest BCUT2D eigenvalue weighted by Crippen LogP contribution is 2.31. The summed E-state index contributed by atoms with van der Waals surface area (Å²) in [7, 11) is 1.59. The van der Waals surface area contributed by atoms with Gasteiger partial charge in [-0.25, -0.2) is 4.68 Å². The lowest BCUT2D eigenvalue weighted by atomic mass is 10.1. The van der Waals surface area contributed by atoms with Gasteiger partial charge in [-0.1, -0.05) is 54.4 Å². The number of amides is 1. The SMILES string of the molecule is CCCOc1ccc(C(C)NC(=O)c2c(C)nn(Cc3ccccc3Cl)c2Cl)cc1OC. The van der Waals surface area contributed by atoms with Gasteiger partial charge in [0.05, 0.1) is 37.6 Å². The zero-order valence-electron chi connectivity index (χ0n) is 18.6. The van der Waals surface area contributed by atoms with E-state index in [0.29, 0.717) is 40.9 Å². The zero-order chi connectivity index (χ0) is 23.3. The zero-order valence-corrected chi connectivity index (χ0v) is 20.1. The molecule has 32 heavy (non-hydrogen) atoms. The monoisotopic (exact) mass is 475 g/mol. The van der Waals surface area contributed by atoms with Gasteiger partial charge < -0.3 is 14.8 Å². The Kier molecular flexibility index (Phi) is 8.04. The van der Waals surface area contributed by atoms with Crippen LogP contribution in [-0.2, 0) is 6.54 Å². The number of halogens is 2. The maximum absolute atomic E-state index is 13.0. The molecule has 3 rings (SSSR count). The van der Waals surface area contributed by atoms with E-state index in [9.17, 15) is 4.79 Å². The number of hydrogen-bond donors (Lipinski definition) is 1. The van der Waals surface area contributed by atoms with Crippen molar-refractivity contribution >= 4 is 29.1 Å². The summed E-state index contributed by atoms with van der Waals surface area (Å²) in [6.07, 6.45) is 0.904. The Balaban J connectivity index is 1.77. The average Bonchev–Trinajstić information content (AvgIpc) is 3.06. The van der Waals surface area contributed by atoms with E-state index < -0.39 is 0 Å². The number of carbonyl (C=O) groups excluding carboxylic acids is 1. The molecule has 0 radical (unpaired) electrons. The van der Waals surface area contributed by atoms with E-state index in [1.807, 2.05) is 56.3 Å². The largest absolute Gasteiger partial charge is 0.493 e. The molecule has 0 aliphatic rings. The summed E-state index contributed by atoms with van der Waals surface area (Å²) in [5, 5.41) is 8.33. The fraction of sp³-hybridized carbons (Fsp3) is 0.333. The van der Waals surface area contributed by atoms with Crippen LogP contribution in [0.3, 0.4) is 0 Å². The first-order chi connectivity index (χ1) is 15.3. The highest BCUT2D eigenvalue weighted by molar-refractivity contribution is 6.33. The Morgan fingerprint density at radius 3 is 2.62 bits per heavy atom. The van der Waals surface area contributed by atoms with Crippen LogP contribution in [0.4, 0.5) is 0 Å². The summed E-state index contributed by atoms with van der Waals surface area (Å²) in [5.74, 6) is 1.01. The number of methoxy groups -OCH3 is 1. The molecule has 6 nitrogen and oxygen atoms in total. The highest BCUT2D eigenvalue weighted by Gasteiger charge is 2.23. The molecular formula is C24H27Cl2N3O3. The van der Waals surface area contributed by atoms with Crippen LogP contribution in [0.5, 0.6) is 11.5 Å². The molecule has 1 N–H and O–H groups in total. The minimum absolute atomic E-state index is 0.271. The van der Waals surface area contributed by atoms with Gasteiger partial charge in [-0.3, -0.25) is 4.79 Å². The van der Waals surface area contributed by atoms with E-state index in [2.05, 4.69) is 10.4 Å². The van der Waals surface area contributed by atoms with Gasteiger partial charge in [0.15, 0.2) is 11.5 Å². The minimum atomic E-state index is -0.296. The Labute approximate surface area is 198 Å². The van der Waals surface area contributed by atoms with Gasteiger partial charge in [-0.15, -0.1) is 0 Å². The number of aromatic nitrogens is 2. The van der Waals surface area contributed by atoms with Crippen molar-refractivity contribution in [3.63, 3.8) is 0 Å².